The highest BCUT2D eigenvalue weighted by molar-refractivity contribution is 4.88. The molecule has 1 saturated heterocycles. The van der Waals surface area contributed by atoms with Gasteiger partial charge in [0.2, 0.25) is 0 Å². The molecule has 19 heavy (non-hydrogen) atoms. The predicted molar refractivity (Wildman–Crippen MR) is 70.1 cm³/mol. The number of alkyl halides is 3. The number of nitrogens with one attached hydrogen (secondary N) is 1. The minimum Gasteiger partial charge on any atom is -0.305 e. The fourth-order valence-corrected chi connectivity index (χ4v) is 3.45. The predicted octanol–water partition coefficient (Wildman–Crippen LogP) is 3.18. The molecule has 0 radical (unpaired) electrons. The molecule has 2 nitrogen and oxygen atoms in total. The van der Waals surface area contributed by atoms with Crippen LogP contribution in [0, 0.1) is 5.92 Å². The van der Waals surface area contributed by atoms with Crippen LogP contribution in [0.3, 0.4) is 0 Å². The first kappa shape index (κ1) is 15.1. The van der Waals surface area contributed by atoms with Crippen LogP contribution in [0.5, 0.6) is 0 Å². The summed E-state index contributed by atoms with van der Waals surface area (Å²) in [6.45, 7) is 3.19. The topological polar surface area (TPSA) is 15.3 Å². The molecule has 0 aromatic carbocycles. The minimum atomic E-state index is -4.10. The molecule has 0 aromatic rings. The molecule has 1 aliphatic carbocycles. The summed E-state index contributed by atoms with van der Waals surface area (Å²) in [6, 6.07) is 0.591. The zero-order chi connectivity index (χ0) is 13.9. The third kappa shape index (κ3) is 4.35. The van der Waals surface area contributed by atoms with E-state index >= 15 is 0 Å². The van der Waals surface area contributed by atoms with Gasteiger partial charge in [-0.3, -0.25) is 4.90 Å². The van der Waals surface area contributed by atoms with E-state index in [-0.39, 0.29) is 6.04 Å². The summed E-state index contributed by atoms with van der Waals surface area (Å²) >= 11 is 0. The number of hydrogen-bond donors (Lipinski definition) is 1. The molecule has 2 atom stereocenters. The molecule has 1 N–H and O–H groups in total. The van der Waals surface area contributed by atoms with Crippen molar-refractivity contribution in [1.29, 1.82) is 0 Å². The van der Waals surface area contributed by atoms with E-state index in [0.717, 1.165) is 38.3 Å². The Morgan fingerprint density at radius 3 is 2.47 bits per heavy atom. The Morgan fingerprint density at radius 2 is 1.95 bits per heavy atom. The zero-order valence-electron chi connectivity index (χ0n) is 11.7. The van der Waals surface area contributed by atoms with E-state index in [1.165, 1.54) is 19.3 Å². The first-order valence-electron chi connectivity index (χ1n) is 7.54. The minimum absolute atomic E-state index is 0.00417. The van der Waals surface area contributed by atoms with Gasteiger partial charge in [0.05, 0.1) is 6.54 Å². The van der Waals surface area contributed by atoms with Crippen molar-refractivity contribution >= 4 is 0 Å². The number of halogens is 3. The highest BCUT2D eigenvalue weighted by Crippen LogP contribution is 2.34. The maximum atomic E-state index is 12.2. The lowest BCUT2D eigenvalue weighted by Crippen LogP contribution is -2.53. The van der Waals surface area contributed by atoms with Crippen LogP contribution in [0.2, 0.25) is 0 Å². The van der Waals surface area contributed by atoms with E-state index in [4.69, 9.17) is 0 Å². The average Bonchev–Trinajstić information content (AvgIpc) is 2.30. The van der Waals surface area contributed by atoms with Crippen LogP contribution in [0.4, 0.5) is 13.2 Å². The summed E-state index contributed by atoms with van der Waals surface area (Å²) in [6.07, 6.45) is 2.83. The van der Waals surface area contributed by atoms with Crippen LogP contribution in [0.15, 0.2) is 0 Å². The monoisotopic (exact) mass is 278 g/mol. The number of piperidine rings is 1. The number of hydrogen-bond acceptors (Lipinski definition) is 2. The lowest BCUT2D eigenvalue weighted by molar-refractivity contribution is -0.127. The summed E-state index contributed by atoms with van der Waals surface area (Å²) in [7, 11) is 0. The molecule has 0 spiro atoms. The highest BCUT2D eigenvalue weighted by atomic mass is 19.4. The van der Waals surface area contributed by atoms with E-state index in [9.17, 15) is 13.2 Å². The van der Waals surface area contributed by atoms with Crippen LogP contribution >= 0.6 is 0 Å². The molecule has 0 amide bonds. The summed E-state index contributed by atoms with van der Waals surface area (Å²) in [5.41, 5.74) is 0. The highest BCUT2D eigenvalue weighted by Gasteiger charge is 2.34. The molecule has 1 saturated carbocycles. The Labute approximate surface area is 113 Å². The summed E-state index contributed by atoms with van der Waals surface area (Å²) in [5.74, 6) is 0.784. The van der Waals surface area contributed by atoms with Crippen LogP contribution in [0.1, 0.15) is 45.4 Å². The van der Waals surface area contributed by atoms with Gasteiger partial charge in [-0.25, -0.2) is 0 Å². The lowest BCUT2D eigenvalue weighted by Gasteiger charge is -2.44. The number of rotatable bonds is 5. The number of likely N-dealkylation sites (tertiary alicyclic amines) is 1. The smallest absolute Gasteiger partial charge is 0.305 e. The number of nitrogens with zero attached hydrogens (tertiary/aromatic N) is 1. The lowest BCUT2D eigenvalue weighted by atomic mass is 9.77. The maximum absolute atomic E-state index is 12.2. The molecular formula is C14H25F3N2. The van der Waals surface area contributed by atoms with Gasteiger partial charge in [-0.1, -0.05) is 13.3 Å². The third-order valence-corrected chi connectivity index (χ3v) is 4.63. The van der Waals surface area contributed by atoms with Crippen LogP contribution in [0.25, 0.3) is 0 Å². The average molecular weight is 278 g/mol. The fourth-order valence-electron chi connectivity index (χ4n) is 3.45. The van der Waals surface area contributed by atoms with E-state index in [0.29, 0.717) is 6.04 Å². The summed E-state index contributed by atoms with van der Waals surface area (Å²) in [4.78, 5) is 2.43. The molecule has 2 unspecified atom stereocenters. The molecule has 112 valence electrons. The second kappa shape index (κ2) is 6.44. The van der Waals surface area contributed by atoms with Gasteiger partial charge in [-0.2, -0.15) is 13.2 Å². The van der Waals surface area contributed by atoms with Crippen molar-refractivity contribution in [3.8, 4) is 0 Å². The maximum Gasteiger partial charge on any atom is 0.401 e. The van der Waals surface area contributed by atoms with Crippen LogP contribution in [-0.4, -0.2) is 42.8 Å². The molecular weight excluding hydrogens is 253 g/mol. The molecule has 0 bridgehead atoms. The van der Waals surface area contributed by atoms with Gasteiger partial charge in [0.1, 0.15) is 0 Å². The Balaban J connectivity index is 1.82. The van der Waals surface area contributed by atoms with E-state index in [2.05, 4.69) is 17.1 Å². The quantitative estimate of drug-likeness (QED) is 0.831. The van der Waals surface area contributed by atoms with Gasteiger partial charge in [0.15, 0.2) is 0 Å². The molecule has 1 aliphatic heterocycles. The molecule has 5 heteroatoms. The molecule has 2 fully saturated rings. The Hall–Kier alpha value is -0.290. The van der Waals surface area contributed by atoms with Crippen molar-refractivity contribution in [2.24, 2.45) is 5.92 Å². The van der Waals surface area contributed by atoms with Crippen molar-refractivity contribution in [1.82, 2.24) is 10.2 Å². The second-order valence-electron chi connectivity index (χ2n) is 6.00. The molecule has 0 aromatic heterocycles. The summed E-state index contributed by atoms with van der Waals surface area (Å²) in [5, 5.41) is 2.68. The standard InChI is InChI=1S/C14H25F3N2/c1-2-13(11-5-3-6-11)19-8-4-7-12(9-19)18-10-14(15,16)17/h11-13,18H,2-10H2,1H3. The Morgan fingerprint density at radius 1 is 1.21 bits per heavy atom. The summed E-state index contributed by atoms with van der Waals surface area (Å²) < 4.78 is 36.7. The van der Waals surface area contributed by atoms with Gasteiger partial charge in [0, 0.05) is 18.6 Å². The van der Waals surface area contributed by atoms with E-state index in [1.54, 1.807) is 0 Å². The van der Waals surface area contributed by atoms with Gasteiger partial charge in [0.25, 0.3) is 0 Å². The van der Waals surface area contributed by atoms with Crippen molar-refractivity contribution in [3.63, 3.8) is 0 Å². The van der Waals surface area contributed by atoms with Crippen molar-refractivity contribution < 1.29 is 13.2 Å². The Bertz CT molecular complexity index is 276. The van der Waals surface area contributed by atoms with Gasteiger partial charge in [-0.15, -0.1) is 0 Å². The Kier molecular flexibility index (Phi) is 5.12. The van der Waals surface area contributed by atoms with Crippen LogP contribution in [-0.2, 0) is 0 Å². The molecule has 2 rings (SSSR count). The van der Waals surface area contributed by atoms with Gasteiger partial charge < -0.3 is 5.32 Å². The van der Waals surface area contributed by atoms with Gasteiger partial charge >= 0.3 is 6.18 Å². The first-order chi connectivity index (χ1) is 8.99. The van der Waals surface area contributed by atoms with Crippen molar-refractivity contribution in [2.75, 3.05) is 19.6 Å². The SMILES string of the molecule is CCC(C1CCC1)N1CCCC(NCC(F)(F)F)C1. The van der Waals surface area contributed by atoms with Crippen molar-refractivity contribution in [2.45, 2.75) is 63.7 Å². The van der Waals surface area contributed by atoms with E-state index < -0.39 is 12.7 Å². The normalized spacial score (nSPS) is 28.1. The van der Waals surface area contributed by atoms with E-state index in [1.807, 2.05) is 0 Å². The van der Waals surface area contributed by atoms with Crippen molar-refractivity contribution in [3.05, 3.63) is 0 Å². The largest absolute Gasteiger partial charge is 0.401 e. The van der Waals surface area contributed by atoms with Gasteiger partial charge in [-0.05, 0) is 44.6 Å². The fraction of sp³-hybridized carbons (Fsp3) is 1.00. The third-order valence-electron chi connectivity index (χ3n) is 4.63. The zero-order valence-corrected chi connectivity index (χ0v) is 11.7. The van der Waals surface area contributed by atoms with Crippen LogP contribution < -0.4 is 5.32 Å². The second-order valence-corrected chi connectivity index (χ2v) is 6.00. The first-order valence-corrected chi connectivity index (χ1v) is 7.54. The molecule has 1 heterocycles. The molecule has 2 aliphatic rings.